The van der Waals surface area contributed by atoms with Crippen molar-refractivity contribution >= 4 is 17.6 Å². The Balaban J connectivity index is 1.62. The highest BCUT2D eigenvalue weighted by molar-refractivity contribution is 6.04. The van der Waals surface area contributed by atoms with Crippen LogP contribution < -0.4 is 4.90 Å². The van der Waals surface area contributed by atoms with Crippen molar-refractivity contribution in [3.8, 4) is 0 Å². The Morgan fingerprint density at radius 1 is 1.22 bits per heavy atom. The average Bonchev–Trinajstić information content (AvgIpc) is 3.03. The largest absolute Gasteiger partial charge is 0.469 e. The maximum atomic E-state index is 13.0. The molecule has 1 aliphatic heterocycles. The van der Waals surface area contributed by atoms with E-state index in [0.29, 0.717) is 6.42 Å². The molecule has 0 bridgehead atoms. The zero-order chi connectivity index (χ0) is 16.0. The first-order chi connectivity index (χ1) is 11.2. The van der Waals surface area contributed by atoms with E-state index in [0.717, 1.165) is 23.4 Å². The maximum absolute atomic E-state index is 13.0. The van der Waals surface area contributed by atoms with Gasteiger partial charge >= 0.3 is 5.97 Å². The zero-order valence-electron chi connectivity index (χ0n) is 12.8. The van der Waals surface area contributed by atoms with Gasteiger partial charge in [0.2, 0.25) is 5.91 Å². The number of amides is 1. The second-order valence-corrected chi connectivity index (χ2v) is 6.04. The number of methoxy groups -OCH3 is 1. The summed E-state index contributed by atoms with van der Waals surface area (Å²) in [4.78, 5) is 26.7. The van der Waals surface area contributed by atoms with E-state index < -0.39 is 6.04 Å². The molecule has 3 atom stereocenters. The Morgan fingerprint density at radius 3 is 2.78 bits per heavy atom. The van der Waals surface area contributed by atoms with Crippen LogP contribution in [0, 0.1) is 5.92 Å². The Bertz CT molecular complexity index is 752. The van der Waals surface area contributed by atoms with Crippen molar-refractivity contribution in [1.82, 2.24) is 0 Å². The Morgan fingerprint density at radius 2 is 2.04 bits per heavy atom. The third-order valence-electron chi connectivity index (χ3n) is 4.70. The molecule has 118 valence electrons. The van der Waals surface area contributed by atoms with Crippen LogP contribution >= 0.6 is 0 Å². The number of nitrogens with zero attached hydrogens (tertiary/aromatic N) is 1. The lowest BCUT2D eigenvalue weighted by molar-refractivity contribution is -0.143. The van der Waals surface area contributed by atoms with Crippen LogP contribution in [0.5, 0.6) is 0 Å². The molecule has 4 rings (SSSR count). The Hall–Kier alpha value is -2.56. The number of fused-ring (bicyclic) bond motifs is 1. The highest BCUT2D eigenvalue weighted by Gasteiger charge is 2.51. The number of carbonyl (C=O) groups excluding carboxylic acids is 2. The predicted molar refractivity (Wildman–Crippen MR) is 83.0 cm³/mol. The molecule has 0 saturated heterocycles. The molecule has 0 N–H and O–H groups in total. The minimum absolute atomic E-state index is 0.0215. The monoisotopic (exact) mass is 311 g/mol. The summed E-state index contributed by atoms with van der Waals surface area (Å²) in [6, 6.07) is 10.8. The molecule has 1 aliphatic carbocycles. The van der Waals surface area contributed by atoms with Gasteiger partial charge in [-0.1, -0.05) is 18.2 Å². The van der Waals surface area contributed by atoms with Crippen molar-refractivity contribution in [2.45, 2.75) is 24.8 Å². The molecule has 5 heteroatoms. The van der Waals surface area contributed by atoms with Gasteiger partial charge in [-0.05, 0) is 30.2 Å². The normalized spacial score (nSPS) is 25.1. The minimum atomic E-state index is -0.567. The van der Waals surface area contributed by atoms with Gasteiger partial charge < -0.3 is 9.15 Å². The third kappa shape index (κ3) is 2.23. The van der Waals surface area contributed by atoms with Crippen molar-refractivity contribution in [3.63, 3.8) is 0 Å². The van der Waals surface area contributed by atoms with Crippen LogP contribution in [0.15, 0.2) is 47.1 Å². The fourth-order valence-corrected chi connectivity index (χ4v) is 3.45. The summed E-state index contributed by atoms with van der Waals surface area (Å²) in [5.41, 5.74) is 1.82. The van der Waals surface area contributed by atoms with Crippen LogP contribution in [0.4, 0.5) is 5.69 Å². The predicted octanol–water partition coefficient (Wildman–Crippen LogP) is 2.51. The van der Waals surface area contributed by atoms with E-state index >= 15 is 0 Å². The molecular weight excluding hydrogens is 294 g/mol. The maximum Gasteiger partial charge on any atom is 0.329 e. The molecule has 1 fully saturated rings. The van der Waals surface area contributed by atoms with Crippen LogP contribution in [-0.4, -0.2) is 25.0 Å². The fraction of sp³-hybridized carbons (Fsp3) is 0.333. The van der Waals surface area contributed by atoms with Crippen molar-refractivity contribution in [3.05, 3.63) is 54.0 Å². The number of anilines is 1. The quantitative estimate of drug-likeness (QED) is 0.817. The van der Waals surface area contributed by atoms with Crippen molar-refractivity contribution in [2.75, 3.05) is 12.0 Å². The van der Waals surface area contributed by atoms with Crippen LogP contribution in [0.1, 0.15) is 23.7 Å². The SMILES string of the molecule is COC(=O)[C@@H]1Cc2ccccc2N1C(=O)[C@H]1C[C@@H]1c1ccco1. The number of carbonyl (C=O) groups is 2. The van der Waals surface area contributed by atoms with Gasteiger partial charge in [0.1, 0.15) is 11.8 Å². The standard InChI is InChI=1S/C18H17NO4/c1-22-18(21)15-9-11-5-2-3-6-14(11)19(15)17(20)13-10-12(13)16-7-4-8-23-16/h2-8,12-13,15H,9-10H2,1H3/t12-,13-,15-/m0/s1. The van der Waals surface area contributed by atoms with Crippen LogP contribution in [0.3, 0.4) is 0 Å². The van der Waals surface area contributed by atoms with E-state index in [1.54, 1.807) is 11.2 Å². The van der Waals surface area contributed by atoms with Gasteiger partial charge in [0.25, 0.3) is 0 Å². The van der Waals surface area contributed by atoms with Gasteiger partial charge in [0.05, 0.1) is 13.4 Å². The summed E-state index contributed by atoms with van der Waals surface area (Å²) >= 11 is 0. The fourth-order valence-electron chi connectivity index (χ4n) is 3.45. The first-order valence-corrected chi connectivity index (χ1v) is 7.73. The zero-order valence-corrected chi connectivity index (χ0v) is 12.8. The van der Waals surface area contributed by atoms with E-state index in [2.05, 4.69) is 0 Å². The molecule has 0 radical (unpaired) electrons. The summed E-state index contributed by atoms with van der Waals surface area (Å²) in [6.45, 7) is 0. The first kappa shape index (κ1) is 14.1. The Labute approximate surface area is 133 Å². The third-order valence-corrected chi connectivity index (χ3v) is 4.70. The van der Waals surface area contributed by atoms with Crippen molar-refractivity contribution < 1.29 is 18.7 Å². The van der Waals surface area contributed by atoms with Crippen LogP contribution in [-0.2, 0) is 20.7 Å². The number of esters is 1. The van der Waals surface area contributed by atoms with E-state index in [1.807, 2.05) is 36.4 Å². The van der Waals surface area contributed by atoms with Crippen LogP contribution in [0.2, 0.25) is 0 Å². The van der Waals surface area contributed by atoms with Crippen molar-refractivity contribution in [2.24, 2.45) is 5.92 Å². The average molecular weight is 311 g/mol. The molecule has 23 heavy (non-hydrogen) atoms. The van der Waals surface area contributed by atoms with E-state index in [4.69, 9.17) is 9.15 Å². The number of furan rings is 1. The molecular formula is C18H17NO4. The van der Waals surface area contributed by atoms with Gasteiger partial charge in [-0.2, -0.15) is 0 Å². The molecule has 1 amide bonds. The molecule has 2 aromatic rings. The lowest BCUT2D eigenvalue weighted by atomic mass is 10.1. The Kier molecular flexibility index (Phi) is 3.22. The molecule has 1 saturated carbocycles. The minimum Gasteiger partial charge on any atom is -0.469 e. The number of hydrogen-bond acceptors (Lipinski definition) is 4. The summed E-state index contributed by atoms with van der Waals surface area (Å²) < 4.78 is 10.3. The first-order valence-electron chi connectivity index (χ1n) is 7.73. The summed E-state index contributed by atoms with van der Waals surface area (Å²) in [5.74, 6) is 0.435. The lowest BCUT2D eigenvalue weighted by Crippen LogP contribution is -2.44. The summed E-state index contributed by atoms with van der Waals surface area (Å²) in [5, 5.41) is 0. The van der Waals surface area contributed by atoms with Crippen LogP contribution in [0.25, 0.3) is 0 Å². The molecule has 0 unspecified atom stereocenters. The molecule has 1 aromatic carbocycles. The van der Waals surface area contributed by atoms with E-state index in [9.17, 15) is 9.59 Å². The van der Waals surface area contributed by atoms with E-state index in [1.165, 1.54) is 7.11 Å². The summed E-state index contributed by atoms with van der Waals surface area (Å²) in [7, 11) is 1.36. The molecule has 2 heterocycles. The highest BCUT2D eigenvalue weighted by Crippen LogP contribution is 2.50. The van der Waals surface area contributed by atoms with Gasteiger partial charge in [-0.25, -0.2) is 4.79 Å². The molecule has 1 aromatic heterocycles. The number of benzene rings is 1. The number of hydrogen-bond donors (Lipinski definition) is 0. The number of rotatable bonds is 3. The molecule has 2 aliphatic rings. The van der Waals surface area contributed by atoms with Gasteiger partial charge in [0, 0.05) is 23.9 Å². The number of ether oxygens (including phenoxy) is 1. The second kappa shape index (κ2) is 5.26. The van der Waals surface area contributed by atoms with Crippen molar-refractivity contribution in [1.29, 1.82) is 0 Å². The van der Waals surface area contributed by atoms with Gasteiger partial charge in [0.15, 0.2) is 0 Å². The lowest BCUT2D eigenvalue weighted by Gasteiger charge is -2.24. The molecule has 5 nitrogen and oxygen atoms in total. The molecule has 0 spiro atoms. The van der Waals surface area contributed by atoms with Gasteiger partial charge in [-0.3, -0.25) is 9.69 Å². The summed E-state index contributed by atoms with van der Waals surface area (Å²) in [6.07, 6.45) is 2.89. The smallest absolute Gasteiger partial charge is 0.329 e. The topological polar surface area (TPSA) is 59.8 Å². The highest BCUT2D eigenvalue weighted by atomic mass is 16.5. The second-order valence-electron chi connectivity index (χ2n) is 6.04. The number of para-hydroxylation sites is 1. The van der Waals surface area contributed by atoms with E-state index in [-0.39, 0.29) is 23.7 Å². The van der Waals surface area contributed by atoms with Gasteiger partial charge in [-0.15, -0.1) is 0 Å².